The van der Waals surface area contributed by atoms with Gasteiger partial charge in [0, 0.05) is 37.4 Å². The van der Waals surface area contributed by atoms with Crippen molar-refractivity contribution >= 4 is 34.1 Å². The molecule has 29 heavy (non-hydrogen) atoms. The van der Waals surface area contributed by atoms with E-state index in [1.165, 1.54) is 18.2 Å². The van der Waals surface area contributed by atoms with Gasteiger partial charge in [0.25, 0.3) is 5.69 Å². The average molecular weight is 396 g/mol. The van der Waals surface area contributed by atoms with Gasteiger partial charge in [-0.2, -0.15) is 0 Å². The highest BCUT2D eigenvalue weighted by Gasteiger charge is 2.18. The summed E-state index contributed by atoms with van der Waals surface area (Å²) in [6.07, 6.45) is 0.916. The predicted octanol–water partition coefficient (Wildman–Crippen LogP) is 2.18. The molecule has 150 valence electrons. The molecule has 0 saturated heterocycles. The Bertz CT molecular complexity index is 1110. The van der Waals surface area contributed by atoms with E-state index in [2.05, 4.69) is 10.6 Å². The van der Waals surface area contributed by atoms with E-state index >= 15 is 0 Å². The number of rotatable bonds is 5. The smallest absolute Gasteiger partial charge is 0.313 e. The molecule has 2 aromatic carbocycles. The van der Waals surface area contributed by atoms with Gasteiger partial charge in [0.1, 0.15) is 0 Å². The number of hydrogen-bond acceptors (Lipinski definition) is 5. The van der Waals surface area contributed by atoms with Gasteiger partial charge in [-0.05, 0) is 41.6 Å². The largest absolute Gasteiger partial charge is 0.387 e. The maximum atomic E-state index is 12.1. The molecule has 0 aliphatic heterocycles. The van der Waals surface area contributed by atoms with Crippen molar-refractivity contribution in [3.63, 3.8) is 0 Å². The Morgan fingerprint density at radius 3 is 2.66 bits per heavy atom. The van der Waals surface area contributed by atoms with Crippen LogP contribution in [0.1, 0.15) is 17.2 Å². The normalized spacial score (nSPS) is 11.8. The predicted molar refractivity (Wildman–Crippen MR) is 107 cm³/mol. The molecule has 2 amide bonds. The van der Waals surface area contributed by atoms with Crippen LogP contribution in [-0.2, 0) is 16.6 Å². The molecule has 3 aromatic rings. The molecule has 1 aromatic heterocycles. The monoisotopic (exact) mass is 396 g/mol. The SMILES string of the molecule is Cc1ccc([N+](=O)[O-])cc1NC(=O)C(=O)NCC(O)c1ccc2c(ccn2C)c1. The number of nitro benzene ring substituents is 1. The second-order valence-corrected chi connectivity index (χ2v) is 6.68. The van der Waals surface area contributed by atoms with E-state index in [-0.39, 0.29) is 17.9 Å². The quantitative estimate of drug-likeness (QED) is 0.346. The third-order valence-electron chi connectivity index (χ3n) is 4.64. The number of fused-ring (bicyclic) bond motifs is 1. The molecular weight excluding hydrogens is 376 g/mol. The first-order valence-electron chi connectivity index (χ1n) is 8.83. The van der Waals surface area contributed by atoms with Gasteiger partial charge in [0.2, 0.25) is 0 Å². The van der Waals surface area contributed by atoms with Crippen LogP contribution in [0.3, 0.4) is 0 Å². The Morgan fingerprint density at radius 1 is 1.17 bits per heavy atom. The highest BCUT2D eigenvalue weighted by atomic mass is 16.6. The second kappa shape index (κ2) is 8.11. The van der Waals surface area contributed by atoms with Gasteiger partial charge >= 0.3 is 11.8 Å². The van der Waals surface area contributed by atoms with Gasteiger partial charge in [-0.15, -0.1) is 0 Å². The molecule has 0 fully saturated rings. The summed E-state index contributed by atoms with van der Waals surface area (Å²) in [7, 11) is 1.92. The standard InChI is InChI=1S/C20H20N4O5/c1-12-3-5-15(24(28)29)10-16(12)22-20(27)19(26)21-11-18(25)14-4-6-17-13(9-14)7-8-23(17)2/h3-10,18,25H,11H2,1-2H3,(H,21,26)(H,22,27). The van der Waals surface area contributed by atoms with Crippen LogP contribution in [0.25, 0.3) is 10.9 Å². The number of anilines is 1. The average Bonchev–Trinajstić information content (AvgIpc) is 3.07. The maximum absolute atomic E-state index is 12.1. The number of aryl methyl sites for hydroxylation is 2. The molecule has 0 radical (unpaired) electrons. The minimum absolute atomic E-state index is 0.154. The maximum Gasteiger partial charge on any atom is 0.313 e. The number of carbonyl (C=O) groups excluding carboxylic acids is 2. The fourth-order valence-electron chi connectivity index (χ4n) is 2.93. The number of nitrogens with zero attached hydrogens (tertiary/aromatic N) is 2. The number of carbonyl (C=O) groups is 2. The minimum atomic E-state index is -0.990. The van der Waals surface area contributed by atoms with Crippen LogP contribution in [0.2, 0.25) is 0 Å². The molecule has 9 nitrogen and oxygen atoms in total. The van der Waals surface area contributed by atoms with E-state index < -0.39 is 22.8 Å². The van der Waals surface area contributed by atoms with Crippen molar-refractivity contribution in [1.29, 1.82) is 0 Å². The molecule has 1 unspecified atom stereocenters. The number of nitro groups is 1. The summed E-state index contributed by atoms with van der Waals surface area (Å²) < 4.78 is 1.95. The second-order valence-electron chi connectivity index (χ2n) is 6.68. The van der Waals surface area contributed by atoms with E-state index in [9.17, 15) is 24.8 Å². The molecular formula is C20H20N4O5. The number of hydrogen-bond donors (Lipinski definition) is 3. The van der Waals surface area contributed by atoms with E-state index in [1.54, 1.807) is 13.0 Å². The minimum Gasteiger partial charge on any atom is -0.387 e. The van der Waals surface area contributed by atoms with Gasteiger partial charge in [0.15, 0.2) is 0 Å². The Hall–Kier alpha value is -3.72. The highest BCUT2D eigenvalue weighted by molar-refractivity contribution is 6.39. The zero-order chi connectivity index (χ0) is 21.1. The van der Waals surface area contributed by atoms with Gasteiger partial charge in [-0.3, -0.25) is 19.7 Å². The molecule has 3 N–H and O–H groups in total. The van der Waals surface area contributed by atoms with Gasteiger partial charge in [-0.1, -0.05) is 12.1 Å². The number of aromatic nitrogens is 1. The summed E-state index contributed by atoms with van der Waals surface area (Å²) in [6.45, 7) is 1.50. The number of aliphatic hydroxyl groups is 1. The van der Waals surface area contributed by atoms with E-state index in [0.29, 0.717) is 11.1 Å². The molecule has 0 spiro atoms. The number of benzene rings is 2. The topological polar surface area (TPSA) is 126 Å². The molecule has 0 aliphatic rings. The highest BCUT2D eigenvalue weighted by Crippen LogP contribution is 2.22. The van der Waals surface area contributed by atoms with E-state index in [4.69, 9.17) is 0 Å². The third-order valence-corrected chi connectivity index (χ3v) is 4.64. The molecule has 1 atom stereocenters. The summed E-state index contributed by atoms with van der Waals surface area (Å²) in [5.74, 6) is -1.92. The zero-order valence-electron chi connectivity index (χ0n) is 15.9. The number of nitrogens with one attached hydrogen (secondary N) is 2. The van der Waals surface area contributed by atoms with Crippen LogP contribution in [0.15, 0.2) is 48.7 Å². The first-order valence-corrected chi connectivity index (χ1v) is 8.83. The molecule has 0 aliphatic carbocycles. The molecule has 0 bridgehead atoms. The lowest BCUT2D eigenvalue weighted by Gasteiger charge is -2.13. The van der Waals surface area contributed by atoms with Crippen LogP contribution in [-0.4, -0.2) is 33.0 Å². The van der Waals surface area contributed by atoms with Crippen molar-refractivity contribution in [2.24, 2.45) is 7.05 Å². The van der Waals surface area contributed by atoms with Gasteiger partial charge < -0.3 is 20.3 Å². The van der Waals surface area contributed by atoms with Crippen LogP contribution < -0.4 is 10.6 Å². The van der Waals surface area contributed by atoms with Crippen molar-refractivity contribution in [2.75, 3.05) is 11.9 Å². The summed E-state index contributed by atoms with van der Waals surface area (Å²) in [5.41, 5.74) is 2.18. The lowest BCUT2D eigenvalue weighted by molar-refractivity contribution is -0.384. The van der Waals surface area contributed by atoms with Crippen molar-refractivity contribution in [2.45, 2.75) is 13.0 Å². The first kappa shape index (κ1) is 20.0. The van der Waals surface area contributed by atoms with Gasteiger partial charge in [-0.25, -0.2) is 0 Å². The lowest BCUT2D eigenvalue weighted by Crippen LogP contribution is -2.37. The van der Waals surface area contributed by atoms with Crippen LogP contribution in [0.5, 0.6) is 0 Å². The van der Waals surface area contributed by atoms with Crippen molar-refractivity contribution in [1.82, 2.24) is 9.88 Å². The van der Waals surface area contributed by atoms with E-state index in [0.717, 1.165) is 10.9 Å². The fraction of sp³-hybridized carbons (Fsp3) is 0.200. The Balaban J connectivity index is 1.61. The van der Waals surface area contributed by atoms with Crippen LogP contribution in [0.4, 0.5) is 11.4 Å². The van der Waals surface area contributed by atoms with Crippen molar-refractivity contribution in [3.8, 4) is 0 Å². The molecule has 0 saturated carbocycles. The van der Waals surface area contributed by atoms with Crippen molar-refractivity contribution in [3.05, 3.63) is 69.9 Å². The first-order chi connectivity index (χ1) is 13.8. The Morgan fingerprint density at radius 2 is 1.93 bits per heavy atom. The summed E-state index contributed by atoms with van der Waals surface area (Å²) in [6, 6.07) is 11.3. The van der Waals surface area contributed by atoms with Gasteiger partial charge in [0.05, 0.1) is 16.7 Å². The molecule has 3 rings (SSSR count). The third kappa shape index (κ3) is 4.41. The Kier molecular flexibility index (Phi) is 5.60. The van der Waals surface area contributed by atoms with Crippen LogP contribution >= 0.6 is 0 Å². The molecule has 1 heterocycles. The Labute approximate surface area is 166 Å². The number of non-ortho nitro benzene ring substituents is 1. The fourth-order valence-corrected chi connectivity index (χ4v) is 2.93. The van der Waals surface area contributed by atoms with E-state index in [1.807, 2.05) is 36.0 Å². The number of aliphatic hydroxyl groups excluding tert-OH is 1. The van der Waals surface area contributed by atoms with Crippen molar-refractivity contribution < 1.29 is 19.6 Å². The summed E-state index contributed by atoms with van der Waals surface area (Å²) in [4.78, 5) is 34.4. The number of amides is 2. The lowest BCUT2D eigenvalue weighted by atomic mass is 10.1. The summed E-state index contributed by atoms with van der Waals surface area (Å²) in [5, 5.41) is 26.9. The molecule has 9 heteroatoms. The van der Waals surface area contributed by atoms with Crippen LogP contribution in [0, 0.1) is 17.0 Å². The summed E-state index contributed by atoms with van der Waals surface area (Å²) >= 11 is 0. The zero-order valence-corrected chi connectivity index (χ0v) is 15.9.